The molecule has 1 saturated heterocycles. The van der Waals surface area contributed by atoms with Gasteiger partial charge in [-0.25, -0.2) is 8.42 Å². The van der Waals surface area contributed by atoms with Gasteiger partial charge in [-0.1, -0.05) is 17.7 Å². The highest BCUT2D eigenvalue weighted by Gasteiger charge is 2.28. The molecule has 0 aromatic heterocycles. The van der Waals surface area contributed by atoms with Crippen LogP contribution in [-0.4, -0.2) is 52.1 Å². The lowest BCUT2D eigenvalue weighted by Gasteiger charge is -2.25. The number of benzene rings is 1. The SMILES string of the molecule is COCCN(CC1CCCN1)S(=O)(=O)c1cccc(Cl)c1. The summed E-state index contributed by atoms with van der Waals surface area (Å²) in [4.78, 5) is 0.226. The zero-order chi connectivity index (χ0) is 15.3. The third kappa shape index (κ3) is 4.40. The quantitative estimate of drug-likeness (QED) is 0.826. The topological polar surface area (TPSA) is 58.6 Å². The molecule has 7 heteroatoms. The first-order valence-corrected chi connectivity index (χ1v) is 8.84. The summed E-state index contributed by atoms with van der Waals surface area (Å²) in [7, 11) is -1.99. The van der Waals surface area contributed by atoms with Crippen LogP contribution in [0.5, 0.6) is 0 Å². The molecule has 1 unspecified atom stereocenters. The molecule has 1 aromatic rings. The Bertz CT molecular complexity index is 559. The number of nitrogens with zero attached hydrogens (tertiary/aromatic N) is 1. The van der Waals surface area contributed by atoms with Crippen LogP contribution in [0.3, 0.4) is 0 Å². The Morgan fingerprint density at radius 3 is 2.90 bits per heavy atom. The molecule has 1 aliphatic rings. The molecule has 0 aliphatic carbocycles. The fourth-order valence-corrected chi connectivity index (χ4v) is 4.21. The van der Waals surface area contributed by atoms with Gasteiger partial charge in [0.25, 0.3) is 0 Å². The summed E-state index contributed by atoms with van der Waals surface area (Å²) < 4.78 is 32.0. The van der Waals surface area contributed by atoms with Crippen molar-refractivity contribution in [1.29, 1.82) is 0 Å². The van der Waals surface area contributed by atoms with E-state index in [9.17, 15) is 8.42 Å². The molecule has 1 aliphatic heterocycles. The number of rotatable bonds is 7. The summed E-state index contributed by atoms with van der Waals surface area (Å²) in [5.74, 6) is 0. The minimum atomic E-state index is -3.55. The van der Waals surface area contributed by atoms with Crippen molar-refractivity contribution >= 4 is 21.6 Å². The average Bonchev–Trinajstić information content (AvgIpc) is 2.96. The molecular weight excluding hydrogens is 312 g/mol. The van der Waals surface area contributed by atoms with Gasteiger partial charge in [-0.2, -0.15) is 4.31 Å². The second kappa shape index (κ2) is 7.56. The van der Waals surface area contributed by atoms with Crippen molar-refractivity contribution in [3.63, 3.8) is 0 Å². The van der Waals surface area contributed by atoms with E-state index in [4.69, 9.17) is 16.3 Å². The summed E-state index contributed by atoms with van der Waals surface area (Å²) in [6.07, 6.45) is 2.08. The second-order valence-electron chi connectivity index (χ2n) is 5.11. The molecule has 5 nitrogen and oxygen atoms in total. The number of ether oxygens (including phenoxy) is 1. The highest BCUT2D eigenvalue weighted by atomic mass is 35.5. The monoisotopic (exact) mass is 332 g/mol. The Hall–Kier alpha value is -0.660. The molecule has 0 amide bonds. The zero-order valence-electron chi connectivity index (χ0n) is 12.1. The Morgan fingerprint density at radius 1 is 1.48 bits per heavy atom. The van der Waals surface area contributed by atoms with Crippen LogP contribution >= 0.6 is 11.6 Å². The number of halogens is 1. The Morgan fingerprint density at radius 2 is 2.29 bits per heavy atom. The van der Waals surface area contributed by atoms with Gasteiger partial charge in [-0.15, -0.1) is 0 Å². The second-order valence-corrected chi connectivity index (χ2v) is 7.48. The Balaban J connectivity index is 2.20. The van der Waals surface area contributed by atoms with E-state index in [0.717, 1.165) is 19.4 Å². The maximum Gasteiger partial charge on any atom is 0.243 e. The van der Waals surface area contributed by atoms with Gasteiger partial charge in [0.1, 0.15) is 0 Å². The van der Waals surface area contributed by atoms with Gasteiger partial charge in [-0.05, 0) is 37.6 Å². The first-order chi connectivity index (χ1) is 10.0. The van der Waals surface area contributed by atoms with Crippen molar-refractivity contribution in [2.24, 2.45) is 0 Å². The molecule has 1 aromatic carbocycles. The average molecular weight is 333 g/mol. The predicted octanol–water partition coefficient (Wildman–Crippen LogP) is 1.73. The van der Waals surface area contributed by atoms with Crippen molar-refractivity contribution < 1.29 is 13.2 Å². The van der Waals surface area contributed by atoms with E-state index in [1.807, 2.05) is 0 Å². The molecule has 118 valence electrons. The Kier molecular flexibility index (Phi) is 6.01. The normalized spacial score (nSPS) is 19.3. The largest absolute Gasteiger partial charge is 0.383 e. The van der Waals surface area contributed by atoms with Crippen molar-refractivity contribution in [2.45, 2.75) is 23.8 Å². The minimum Gasteiger partial charge on any atom is -0.383 e. The molecule has 0 spiro atoms. The van der Waals surface area contributed by atoms with Crippen LogP contribution in [0.25, 0.3) is 0 Å². The van der Waals surface area contributed by atoms with E-state index >= 15 is 0 Å². The summed E-state index contributed by atoms with van der Waals surface area (Å²) in [5.41, 5.74) is 0. The highest BCUT2D eigenvalue weighted by molar-refractivity contribution is 7.89. The number of hydrogen-bond donors (Lipinski definition) is 1. The number of sulfonamides is 1. The first kappa shape index (κ1) is 16.7. The predicted molar refractivity (Wildman–Crippen MR) is 83.1 cm³/mol. The van der Waals surface area contributed by atoms with Crippen LogP contribution in [0, 0.1) is 0 Å². The van der Waals surface area contributed by atoms with E-state index < -0.39 is 10.0 Å². The van der Waals surface area contributed by atoms with Gasteiger partial charge in [0.2, 0.25) is 10.0 Å². The molecule has 1 atom stereocenters. The van der Waals surface area contributed by atoms with Gasteiger partial charge in [0.05, 0.1) is 11.5 Å². The molecular formula is C14H21ClN2O3S. The molecule has 21 heavy (non-hydrogen) atoms. The maximum atomic E-state index is 12.8. The van der Waals surface area contributed by atoms with Gasteiger partial charge >= 0.3 is 0 Å². The summed E-state index contributed by atoms with van der Waals surface area (Å²) >= 11 is 5.91. The zero-order valence-corrected chi connectivity index (χ0v) is 13.7. The van der Waals surface area contributed by atoms with Crippen LogP contribution in [0.2, 0.25) is 5.02 Å². The van der Waals surface area contributed by atoms with Gasteiger partial charge in [0.15, 0.2) is 0 Å². The summed E-state index contributed by atoms with van der Waals surface area (Å²) in [5, 5.41) is 3.74. The van der Waals surface area contributed by atoms with Crippen molar-refractivity contribution in [2.75, 3.05) is 33.4 Å². The molecule has 1 N–H and O–H groups in total. The molecule has 1 heterocycles. The van der Waals surface area contributed by atoms with E-state index in [0.29, 0.717) is 24.7 Å². The van der Waals surface area contributed by atoms with Crippen LogP contribution in [-0.2, 0) is 14.8 Å². The van der Waals surface area contributed by atoms with E-state index in [2.05, 4.69) is 5.32 Å². The number of hydrogen-bond acceptors (Lipinski definition) is 4. The van der Waals surface area contributed by atoms with Crippen LogP contribution in [0.15, 0.2) is 29.2 Å². The molecule has 0 saturated carbocycles. The summed E-state index contributed by atoms with van der Waals surface area (Å²) in [6, 6.07) is 6.58. The standard InChI is InChI=1S/C14H21ClN2O3S/c1-20-9-8-17(11-13-5-3-7-16-13)21(18,19)14-6-2-4-12(15)10-14/h2,4,6,10,13,16H,3,5,7-9,11H2,1H3. The van der Waals surface area contributed by atoms with Gasteiger partial charge < -0.3 is 10.1 Å². The van der Waals surface area contributed by atoms with Crippen LogP contribution in [0.4, 0.5) is 0 Å². The summed E-state index contributed by atoms with van der Waals surface area (Å²) in [6.45, 7) is 2.11. The first-order valence-electron chi connectivity index (χ1n) is 7.02. The van der Waals surface area contributed by atoms with Crippen molar-refractivity contribution in [3.8, 4) is 0 Å². The highest BCUT2D eigenvalue weighted by Crippen LogP contribution is 2.21. The smallest absolute Gasteiger partial charge is 0.243 e. The fourth-order valence-electron chi connectivity index (χ4n) is 2.44. The van der Waals surface area contributed by atoms with Crippen LogP contribution in [0.1, 0.15) is 12.8 Å². The van der Waals surface area contributed by atoms with Crippen molar-refractivity contribution in [1.82, 2.24) is 9.62 Å². The lowest BCUT2D eigenvalue weighted by atomic mass is 10.2. The lowest BCUT2D eigenvalue weighted by molar-refractivity contribution is 0.176. The third-order valence-electron chi connectivity index (χ3n) is 3.57. The maximum absolute atomic E-state index is 12.8. The number of methoxy groups -OCH3 is 1. The fraction of sp³-hybridized carbons (Fsp3) is 0.571. The lowest BCUT2D eigenvalue weighted by Crippen LogP contribution is -2.42. The Labute approximate surface area is 131 Å². The number of nitrogens with one attached hydrogen (secondary N) is 1. The minimum absolute atomic E-state index is 0.204. The molecule has 2 rings (SSSR count). The van der Waals surface area contributed by atoms with Crippen molar-refractivity contribution in [3.05, 3.63) is 29.3 Å². The van der Waals surface area contributed by atoms with E-state index in [-0.39, 0.29) is 10.9 Å². The van der Waals surface area contributed by atoms with E-state index in [1.165, 1.54) is 10.4 Å². The molecule has 1 fully saturated rings. The molecule has 0 bridgehead atoms. The van der Waals surface area contributed by atoms with Gasteiger partial charge in [-0.3, -0.25) is 0 Å². The third-order valence-corrected chi connectivity index (χ3v) is 5.66. The van der Waals surface area contributed by atoms with Gasteiger partial charge in [0, 0.05) is 31.3 Å². The molecule has 0 radical (unpaired) electrons. The van der Waals surface area contributed by atoms with Crippen LogP contribution < -0.4 is 5.32 Å². The van der Waals surface area contributed by atoms with E-state index in [1.54, 1.807) is 25.3 Å².